The van der Waals surface area contributed by atoms with Gasteiger partial charge in [0.25, 0.3) is 0 Å². The van der Waals surface area contributed by atoms with Gasteiger partial charge in [-0.1, -0.05) is 42.8 Å². The van der Waals surface area contributed by atoms with Gasteiger partial charge in [0.1, 0.15) is 34.6 Å². The fraction of sp³-hybridized carbons (Fsp3) is 0.214. The molecule has 0 saturated carbocycles. The quantitative estimate of drug-likeness (QED) is 0.312. The molecular formula is C28H25ClN2O5. The molecule has 8 heteroatoms. The van der Waals surface area contributed by atoms with Gasteiger partial charge in [-0.25, -0.2) is 4.79 Å². The van der Waals surface area contributed by atoms with E-state index in [1.807, 2.05) is 38.1 Å². The van der Waals surface area contributed by atoms with Gasteiger partial charge >= 0.3 is 5.97 Å². The number of hydrogen-bond acceptors (Lipinski definition) is 7. The molecule has 0 saturated heterocycles. The van der Waals surface area contributed by atoms with Gasteiger partial charge in [-0.15, -0.1) is 0 Å². The Morgan fingerprint density at radius 1 is 1.08 bits per heavy atom. The highest BCUT2D eigenvalue weighted by molar-refractivity contribution is 6.30. The van der Waals surface area contributed by atoms with Crippen molar-refractivity contribution in [3.05, 3.63) is 93.8 Å². The number of carbonyl (C=O) groups is 1. The molecule has 0 bridgehead atoms. The van der Waals surface area contributed by atoms with Crippen molar-refractivity contribution in [1.29, 1.82) is 5.26 Å². The number of rotatable bonds is 8. The Morgan fingerprint density at radius 2 is 1.89 bits per heavy atom. The highest BCUT2D eigenvalue weighted by atomic mass is 35.5. The Balaban J connectivity index is 1.57. The molecule has 2 N–H and O–H groups in total. The van der Waals surface area contributed by atoms with E-state index >= 15 is 0 Å². The number of carbonyl (C=O) groups excluding carboxylic acids is 1. The zero-order chi connectivity index (χ0) is 25.7. The summed E-state index contributed by atoms with van der Waals surface area (Å²) in [5.74, 6) is 0.773. The summed E-state index contributed by atoms with van der Waals surface area (Å²) >= 11 is 5.96. The molecule has 0 radical (unpaired) electrons. The first-order valence-electron chi connectivity index (χ1n) is 11.4. The average Bonchev–Trinajstić information content (AvgIpc) is 2.86. The number of nitriles is 1. The number of esters is 1. The summed E-state index contributed by atoms with van der Waals surface area (Å²) in [7, 11) is 0. The van der Waals surface area contributed by atoms with E-state index in [4.69, 9.17) is 36.3 Å². The SMILES string of the molecule is CCCOc1ccccc1C1C(C#N)=C(N)Oc2cc(OC(=O)COc3ccc(Cl)cc3C)ccc21. The zero-order valence-corrected chi connectivity index (χ0v) is 20.7. The van der Waals surface area contributed by atoms with E-state index in [1.165, 1.54) is 0 Å². The number of aryl methyl sites for hydroxylation is 1. The highest BCUT2D eigenvalue weighted by Gasteiger charge is 2.33. The molecular weight excluding hydrogens is 480 g/mol. The lowest BCUT2D eigenvalue weighted by Crippen LogP contribution is -2.22. The number of halogens is 1. The van der Waals surface area contributed by atoms with Gasteiger partial charge in [0, 0.05) is 22.2 Å². The normalized spacial score (nSPS) is 14.3. The van der Waals surface area contributed by atoms with E-state index in [1.54, 1.807) is 36.4 Å². The van der Waals surface area contributed by atoms with Crippen LogP contribution in [0.5, 0.6) is 23.0 Å². The first-order valence-corrected chi connectivity index (χ1v) is 11.8. The van der Waals surface area contributed by atoms with E-state index in [0.717, 1.165) is 17.5 Å². The second-order valence-electron chi connectivity index (χ2n) is 8.18. The van der Waals surface area contributed by atoms with Crippen LogP contribution in [0.25, 0.3) is 0 Å². The van der Waals surface area contributed by atoms with Gasteiger partial charge in [-0.05, 0) is 49.2 Å². The summed E-state index contributed by atoms with van der Waals surface area (Å²) in [6.07, 6.45) is 0.845. The number of nitrogens with zero attached hydrogens (tertiary/aromatic N) is 1. The minimum atomic E-state index is -0.587. The molecule has 1 atom stereocenters. The monoisotopic (exact) mass is 504 g/mol. The fourth-order valence-electron chi connectivity index (χ4n) is 3.95. The van der Waals surface area contributed by atoms with Crippen LogP contribution in [0.1, 0.15) is 36.0 Å². The third kappa shape index (κ3) is 5.40. The summed E-state index contributed by atoms with van der Waals surface area (Å²) in [6.45, 7) is 4.12. The molecule has 0 aromatic heterocycles. The lowest BCUT2D eigenvalue weighted by atomic mass is 9.83. The van der Waals surface area contributed by atoms with Crippen molar-refractivity contribution >= 4 is 17.6 Å². The number of allylic oxidation sites excluding steroid dienone is 1. The summed E-state index contributed by atoms with van der Waals surface area (Å²) in [5, 5.41) is 10.4. The Morgan fingerprint density at radius 3 is 2.64 bits per heavy atom. The van der Waals surface area contributed by atoms with E-state index in [-0.39, 0.29) is 23.8 Å². The molecule has 36 heavy (non-hydrogen) atoms. The molecule has 3 aromatic carbocycles. The number of nitrogens with two attached hydrogens (primary N) is 1. The molecule has 0 amide bonds. The molecule has 0 aliphatic carbocycles. The maximum absolute atomic E-state index is 12.4. The lowest BCUT2D eigenvalue weighted by molar-refractivity contribution is -0.136. The fourth-order valence-corrected chi connectivity index (χ4v) is 4.18. The summed E-state index contributed by atoms with van der Waals surface area (Å²) in [5.41, 5.74) is 8.73. The first kappa shape index (κ1) is 25.0. The van der Waals surface area contributed by atoms with E-state index in [0.29, 0.717) is 34.4 Å². The number of benzene rings is 3. The van der Waals surface area contributed by atoms with Crippen LogP contribution in [0, 0.1) is 18.3 Å². The molecule has 0 fully saturated rings. The van der Waals surface area contributed by atoms with E-state index in [2.05, 4.69) is 6.07 Å². The molecule has 0 spiro atoms. The van der Waals surface area contributed by atoms with Crippen LogP contribution in [-0.2, 0) is 4.79 Å². The molecule has 3 aromatic rings. The van der Waals surface area contributed by atoms with Gasteiger partial charge in [-0.3, -0.25) is 0 Å². The maximum Gasteiger partial charge on any atom is 0.349 e. The maximum atomic E-state index is 12.4. The number of para-hydroxylation sites is 1. The van der Waals surface area contributed by atoms with Crippen LogP contribution in [0.3, 0.4) is 0 Å². The second-order valence-corrected chi connectivity index (χ2v) is 8.62. The molecule has 1 heterocycles. The lowest BCUT2D eigenvalue weighted by Gasteiger charge is -2.28. The second kappa shape index (κ2) is 11.1. The predicted octanol–water partition coefficient (Wildman–Crippen LogP) is 5.64. The molecule has 4 rings (SSSR count). The van der Waals surface area contributed by atoms with Crippen molar-refractivity contribution in [3.8, 4) is 29.1 Å². The topological polar surface area (TPSA) is 104 Å². The minimum Gasteiger partial charge on any atom is -0.493 e. The third-order valence-corrected chi connectivity index (χ3v) is 5.83. The largest absolute Gasteiger partial charge is 0.493 e. The Bertz CT molecular complexity index is 1360. The van der Waals surface area contributed by atoms with Gasteiger partial charge in [0.2, 0.25) is 5.88 Å². The van der Waals surface area contributed by atoms with Gasteiger partial charge in [-0.2, -0.15) is 5.26 Å². The van der Waals surface area contributed by atoms with Crippen molar-refractivity contribution in [3.63, 3.8) is 0 Å². The van der Waals surface area contributed by atoms with Crippen LogP contribution in [-0.4, -0.2) is 19.2 Å². The predicted molar refractivity (Wildman–Crippen MR) is 135 cm³/mol. The van der Waals surface area contributed by atoms with Crippen molar-refractivity contribution in [1.82, 2.24) is 0 Å². The first-order chi connectivity index (χ1) is 17.4. The van der Waals surface area contributed by atoms with Crippen LogP contribution < -0.4 is 24.7 Å². The minimum absolute atomic E-state index is 0.00896. The smallest absolute Gasteiger partial charge is 0.349 e. The van der Waals surface area contributed by atoms with Crippen LogP contribution in [0.15, 0.2) is 72.1 Å². The highest BCUT2D eigenvalue weighted by Crippen LogP contribution is 2.45. The Hall–Kier alpha value is -4.15. The van der Waals surface area contributed by atoms with Crippen molar-refractivity contribution in [2.24, 2.45) is 5.73 Å². The molecule has 1 aliphatic heterocycles. The Kier molecular flexibility index (Phi) is 7.67. The van der Waals surface area contributed by atoms with Crippen LogP contribution in [0.2, 0.25) is 5.02 Å². The Labute approximate surface area is 214 Å². The summed E-state index contributed by atoms with van der Waals surface area (Å²) in [4.78, 5) is 12.4. The van der Waals surface area contributed by atoms with E-state index in [9.17, 15) is 10.1 Å². The third-order valence-electron chi connectivity index (χ3n) is 5.60. The molecule has 184 valence electrons. The summed E-state index contributed by atoms with van der Waals surface area (Å²) < 4.78 is 22.7. The molecule has 1 unspecified atom stereocenters. The average molecular weight is 505 g/mol. The van der Waals surface area contributed by atoms with Crippen molar-refractivity contribution < 1.29 is 23.7 Å². The number of ether oxygens (including phenoxy) is 4. The van der Waals surface area contributed by atoms with Crippen LogP contribution >= 0.6 is 11.6 Å². The van der Waals surface area contributed by atoms with Gasteiger partial charge < -0.3 is 24.7 Å². The van der Waals surface area contributed by atoms with E-state index < -0.39 is 11.9 Å². The standard InChI is InChI=1S/C28H25ClN2O5/c1-3-12-33-24-7-5-4-6-20(24)27-21-10-9-19(14-25(21)36-28(31)22(27)15-30)35-26(32)16-34-23-11-8-18(29)13-17(23)2/h4-11,13-14,27H,3,12,16,31H2,1-2H3. The summed E-state index contributed by atoms with van der Waals surface area (Å²) in [6, 6.07) is 19.8. The zero-order valence-electron chi connectivity index (χ0n) is 19.9. The number of fused-ring (bicyclic) bond motifs is 1. The molecule has 7 nitrogen and oxygen atoms in total. The van der Waals surface area contributed by atoms with Gasteiger partial charge in [0.05, 0.1) is 12.5 Å². The van der Waals surface area contributed by atoms with Gasteiger partial charge in [0.15, 0.2) is 6.61 Å². The molecule has 1 aliphatic rings. The number of hydrogen-bond donors (Lipinski definition) is 1. The van der Waals surface area contributed by atoms with Crippen molar-refractivity contribution in [2.75, 3.05) is 13.2 Å². The van der Waals surface area contributed by atoms with Crippen LogP contribution in [0.4, 0.5) is 0 Å². The van der Waals surface area contributed by atoms with Crippen molar-refractivity contribution in [2.45, 2.75) is 26.2 Å².